The molecule has 1 aromatic heterocycles. The number of carbonyl (C=O) groups is 1. The van der Waals surface area contributed by atoms with Gasteiger partial charge in [-0.1, -0.05) is 0 Å². The van der Waals surface area contributed by atoms with Gasteiger partial charge in [-0.25, -0.2) is 4.79 Å². The van der Waals surface area contributed by atoms with Gasteiger partial charge in [-0.05, 0) is 26.0 Å². The van der Waals surface area contributed by atoms with E-state index >= 15 is 0 Å². The molecule has 82 valence electrons. The van der Waals surface area contributed by atoms with Crippen molar-refractivity contribution in [3.8, 4) is 5.75 Å². The highest BCUT2D eigenvalue weighted by Crippen LogP contribution is 2.07. The van der Waals surface area contributed by atoms with Crippen LogP contribution in [0.25, 0.3) is 0 Å². The average Bonchev–Trinajstić information content (AvgIpc) is 2.20. The van der Waals surface area contributed by atoms with E-state index in [1.54, 1.807) is 13.0 Å². The number of aliphatic carboxylic acids is 1. The summed E-state index contributed by atoms with van der Waals surface area (Å²) in [5, 5.41) is 8.78. The van der Waals surface area contributed by atoms with Crippen molar-refractivity contribution >= 4 is 5.97 Å². The third kappa shape index (κ3) is 2.37. The highest BCUT2D eigenvalue weighted by Gasteiger charge is 2.15. The lowest BCUT2D eigenvalue weighted by Crippen LogP contribution is -2.28. The molecule has 0 aliphatic rings. The van der Waals surface area contributed by atoms with Crippen LogP contribution >= 0.6 is 0 Å². The number of pyridine rings is 1. The van der Waals surface area contributed by atoms with E-state index < -0.39 is 17.6 Å². The van der Waals surface area contributed by atoms with Gasteiger partial charge in [-0.15, -0.1) is 0 Å². The molecule has 0 radical (unpaired) electrons. The number of ether oxygens (including phenoxy) is 1. The summed E-state index contributed by atoms with van der Waals surface area (Å²) in [7, 11) is 0. The molecule has 0 spiro atoms. The Morgan fingerprint density at radius 1 is 1.67 bits per heavy atom. The van der Waals surface area contributed by atoms with Gasteiger partial charge in [0.2, 0.25) is 0 Å². The van der Waals surface area contributed by atoms with Crippen molar-refractivity contribution in [3.63, 3.8) is 0 Å². The lowest BCUT2D eigenvalue weighted by Gasteiger charge is -2.11. The lowest BCUT2D eigenvalue weighted by atomic mass is 10.3. The van der Waals surface area contributed by atoms with E-state index in [0.717, 1.165) is 4.57 Å². The van der Waals surface area contributed by atoms with Crippen molar-refractivity contribution < 1.29 is 14.6 Å². The first kappa shape index (κ1) is 11.3. The molecule has 5 nitrogen and oxygen atoms in total. The minimum Gasteiger partial charge on any atom is -0.488 e. The van der Waals surface area contributed by atoms with Crippen LogP contribution in [-0.2, 0) is 4.79 Å². The van der Waals surface area contributed by atoms with Crippen molar-refractivity contribution in [1.29, 1.82) is 0 Å². The predicted molar refractivity (Wildman–Crippen MR) is 54.2 cm³/mol. The Morgan fingerprint density at radius 3 is 2.87 bits per heavy atom. The molecule has 0 aliphatic carbocycles. The second kappa shape index (κ2) is 4.63. The molecule has 0 fully saturated rings. The van der Waals surface area contributed by atoms with E-state index in [1.165, 1.54) is 19.2 Å². The molecule has 5 heteroatoms. The zero-order chi connectivity index (χ0) is 11.4. The number of carboxylic acid groups (broad SMARTS) is 1. The molecule has 1 aromatic rings. The number of hydrogen-bond acceptors (Lipinski definition) is 3. The summed E-state index contributed by atoms with van der Waals surface area (Å²) in [6.07, 6.45) is 1.43. The topological polar surface area (TPSA) is 68.5 Å². The summed E-state index contributed by atoms with van der Waals surface area (Å²) in [5.41, 5.74) is -0.422. The Bertz CT molecular complexity index is 410. The summed E-state index contributed by atoms with van der Waals surface area (Å²) in [6.45, 7) is 3.58. The summed E-state index contributed by atoms with van der Waals surface area (Å²) in [6, 6.07) is 2.22. The summed E-state index contributed by atoms with van der Waals surface area (Å²) in [5.74, 6) is -0.876. The van der Waals surface area contributed by atoms with Crippen molar-refractivity contribution in [2.75, 3.05) is 6.61 Å². The van der Waals surface area contributed by atoms with Crippen molar-refractivity contribution in [2.24, 2.45) is 0 Å². The van der Waals surface area contributed by atoms with Crippen LogP contribution < -0.4 is 10.3 Å². The summed E-state index contributed by atoms with van der Waals surface area (Å²) < 4.78 is 6.21. The minimum atomic E-state index is -1.05. The Labute approximate surface area is 86.9 Å². The van der Waals surface area contributed by atoms with Gasteiger partial charge in [0.05, 0.1) is 6.61 Å². The van der Waals surface area contributed by atoms with Crippen LogP contribution in [0.5, 0.6) is 5.75 Å². The normalized spacial score (nSPS) is 12.1. The maximum Gasteiger partial charge on any atom is 0.326 e. The van der Waals surface area contributed by atoms with Gasteiger partial charge in [0.25, 0.3) is 5.56 Å². The number of carboxylic acids is 1. The van der Waals surface area contributed by atoms with Crippen molar-refractivity contribution in [1.82, 2.24) is 4.57 Å². The van der Waals surface area contributed by atoms with Gasteiger partial charge < -0.3 is 9.84 Å². The fourth-order valence-electron chi connectivity index (χ4n) is 1.18. The second-order valence-corrected chi connectivity index (χ2v) is 3.03. The van der Waals surface area contributed by atoms with Crippen LogP contribution in [0.4, 0.5) is 0 Å². The molecule has 0 saturated carbocycles. The Morgan fingerprint density at radius 2 is 2.33 bits per heavy atom. The average molecular weight is 211 g/mol. The third-order valence-electron chi connectivity index (χ3n) is 2.01. The summed E-state index contributed by atoms with van der Waals surface area (Å²) >= 11 is 0. The fourth-order valence-corrected chi connectivity index (χ4v) is 1.18. The van der Waals surface area contributed by atoms with Gasteiger partial charge >= 0.3 is 5.97 Å². The molecule has 1 heterocycles. The Kier molecular flexibility index (Phi) is 3.49. The highest BCUT2D eigenvalue weighted by molar-refractivity contribution is 5.71. The van der Waals surface area contributed by atoms with Crippen molar-refractivity contribution in [3.05, 3.63) is 28.7 Å². The first-order valence-electron chi connectivity index (χ1n) is 4.64. The number of hydrogen-bond donors (Lipinski definition) is 1. The minimum absolute atomic E-state index is 0.174. The number of aromatic nitrogens is 1. The van der Waals surface area contributed by atoms with Crippen molar-refractivity contribution in [2.45, 2.75) is 19.9 Å². The van der Waals surface area contributed by atoms with Crippen LogP contribution in [0, 0.1) is 0 Å². The number of rotatable bonds is 4. The molecule has 0 aromatic carbocycles. The van der Waals surface area contributed by atoms with Crippen LogP contribution in [-0.4, -0.2) is 22.2 Å². The molecule has 0 amide bonds. The quantitative estimate of drug-likeness (QED) is 0.803. The van der Waals surface area contributed by atoms with Crippen LogP contribution in [0.1, 0.15) is 19.9 Å². The maximum atomic E-state index is 11.7. The van der Waals surface area contributed by atoms with Gasteiger partial charge in [-0.2, -0.15) is 0 Å². The van der Waals surface area contributed by atoms with Crippen LogP contribution in [0.15, 0.2) is 23.1 Å². The molecule has 0 aliphatic heterocycles. The van der Waals surface area contributed by atoms with Gasteiger partial charge in [-0.3, -0.25) is 9.36 Å². The Balaban J connectivity index is 3.15. The van der Waals surface area contributed by atoms with Crippen LogP contribution in [0.2, 0.25) is 0 Å². The first-order chi connectivity index (χ1) is 7.07. The molecular formula is C10H13NO4. The molecule has 1 rings (SSSR count). The smallest absolute Gasteiger partial charge is 0.326 e. The molecule has 0 saturated heterocycles. The second-order valence-electron chi connectivity index (χ2n) is 3.03. The maximum absolute atomic E-state index is 11.7. The van der Waals surface area contributed by atoms with E-state index in [0.29, 0.717) is 6.61 Å². The molecule has 0 bridgehead atoms. The Hall–Kier alpha value is -1.78. The SMILES string of the molecule is CCOc1cccn(C(C)C(=O)O)c1=O. The van der Waals surface area contributed by atoms with Crippen LogP contribution in [0.3, 0.4) is 0 Å². The third-order valence-corrected chi connectivity index (χ3v) is 2.01. The summed E-state index contributed by atoms with van der Waals surface area (Å²) in [4.78, 5) is 22.4. The first-order valence-corrected chi connectivity index (χ1v) is 4.64. The highest BCUT2D eigenvalue weighted by atomic mass is 16.5. The van der Waals surface area contributed by atoms with E-state index in [4.69, 9.17) is 9.84 Å². The zero-order valence-corrected chi connectivity index (χ0v) is 8.64. The van der Waals surface area contributed by atoms with Gasteiger partial charge in [0.15, 0.2) is 5.75 Å². The fraction of sp³-hybridized carbons (Fsp3) is 0.400. The molecule has 1 atom stereocenters. The molecular weight excluding hydrogens is 198 g/mol. The standard InChI is InChI=1S/C10H13NO4/c1-3-15-8-5-4-6-11(9(8)12)7(2)10(13)14/h4-7H,3H2,1-2H3,(H,13,14). The monoisotopic (exact) mass is 211 g/mol. The predicted octanol–water partition coefficient (Wildman–Crippen LogP) is 0.893. The van der Waals surface area contributed by atoms with E-state index in [2.05, 4.69) is 0 Å². The molecule has 1 N–H and O–H groups in total. The molecule has 1 unspecified atom stereocenters. The van der Waals surface area contributed by atoms with E-state index in [-0.39, 0.29) is 5.75 Å². The molecule has 15 heavy (non-hydrogen) atoms. The zero-order valence-electron chi connectivity index (χ0n) is 8.64. The largest absolute Gasteiger partial charge is 0.488 e. The van der Waals surface area contributed by atoms with E-state index in [9.17, 15) is 9.59 Å². The number of nitrogens with zero attached hydrogens (tertiary/aromatic N) is 1. The van der Waals surface area contributed by atoms with E-state index in [1.807, 2.05) is 0 Å². The lowest BCUT2D eigenvalue weighted by molar-refractivity contribution is -0.140. The van der Waals surface area contributed by atoms with Gasteiger partial charge in [0, 0.05) is 6.20 Å². The van der Waals surface area contributed by atoms with Gasteiger partial charge in [0.1, 0.15) is 6.04 Å².